The highest BCUT2D eigenvalue weighted by atomic mass is 19.3. The fourth-order valence-electron chi connectivity index (χ4n) is 3.43. The van der Waals surface area contributed by atoms with Crippen molar-refractivity contribution in [3.63, 3.8) is 0 Å². The number of amides is 1. The van der Waals surface area contributed by atoms with Crippen molar-refractivity contribution in [2.75, 3.05) is 13.1 Å². The molecule has 1 aliphatic rings. The van der Waals surface area contributed by atoms with Crippen LogP contribution in [-0.2, 0) is 9.53 Å². The molecule has 6 heteroatoms. The van der Waals surface area contributed by atoms with Gasteiger partial charge in [0.05, 0.1) is 12.2 Å². The molecular formula is C25H40F2N2O2. The monoisotopic (exact) mass is 438 g/mol. The molecule has 31 heavy (non-hydrogen) atoms. The van der Waals surface area contributed by atoms with E-state index in [0.717, 1.165) is 37.0 Å². The molecule has 4 nitrogen and oxygen atoms in total. The molecule has 176 valence electrons. The van der Waals surface area contributed by atoms with Gasteiger partial charge in [0.1, 0.15) is 5.76 Å². The largest absolute Gasteiger partial charge is 0.456 e. The van der Waals surface area contributed by atoms with E-state index in [2.05, 4.69) is 25.8 Å². The predicted molar refractivity (Wildman–Crippen MR) is 124 cm³/mol. The molecule has 0 fully saturated rings. The van der Waals surface area contributed by atoms with Crippen LogP contribution in [0.4, 0.5) is 8.78 Å². The Hall–Kier alpha value is -1.98. The van der Waals surface area contributed by atoms with E-state index in [9.17, 15) is 13.6 Å². The van der Waals surface area contributed by atoms with Crippen LogP contribution >= 0.6 is 0 Å². The SMILES string of the molecule is CCC=NC1=C(C(C)C)CCN(C(=O)/C(O/C(CCCC)=C(/C)CC)=C(/C)C(F)F)C1. The Bertz CT molecular complexity index is 734. The first-order valence-corrected chi connectivity index (χ1v) is 11.6. The van der Waals surface area contributed by atoms with Crippen LogP contribution in [0.25, 0.3) is 0 Å². The number of carbonyl (C=O) groups excluding carboxylic acids is 1. The number of carbonyl (C=O) groups is 1. The Morgan fingerprint density at radius 2 is 1.90 bits per heavy atom. The summed E-state index contributed by atoms with van der Waals surface area (Å²) in [6, 6.07) is 0. The van der Waals surface area contributed by atoms with Crippen molar-refractivity contribution < 1.29 is 18.3 Å². The number of alkyl halides is 2. The minimum atomic E-state index is -2.75. The zero-order valence-corrected chi connectivity index (χ0v) is 20.4. The fraction of sp³-hybridized carbons (Fsp3) is 0.680. The number of ether oxygens (including phenoxy) is 1. The zero-order valence-electron chi connectivity index (χ0n) is 20.4. The number of unbranched alkanes of at least 4 members (excludes halogenated alkanes) is 1. The maximum Gasteiger partial charge on any atom is 0.290 e. The minimum absolute atomic E-state index is 0.235. The third kappa shape index (κ3) is 7.89. The molecule has 0 saturated carbocycles. The van der Waals surface area contributed by atoms with Crippen molar-refractivity contribution in [3.05, 3.63) is 33.9 Å². The van der Waals surface area contributed by atoms with Crippen LogP contribution in [0.5, 0.6) is 0 Å². The lowest BCUT2D eigenvalue weighted by molar-refractivity contribution is -0.130. The van der Waals surface area contributed by atoms with Crippen molar-refractivity contribution in [1.82, 2.24) is 4.90 Å². The van der Waals surface area contributed by atoms with Crippen LogP contribution in [0, 0.1) is 5.92 Å². The van der Waals surface area contributed by atoms with Gasteiger partial charge in [-0.25, -0.2) is 8.78 Å². The Morgan fingerprint density at radius 1 is 1.23 bits per heavy atom. The molecule has 0 N–H and O–H groups in total. The number of rotatable bonds is 11. The van der Waals surface area contributed by atoms with Gasteiger partial charge in [-0.3, -0.25) is 9.79 Å². The van der Waals surface area contributed by atoms with Crippen molar-refractivity contribution >= 4 is 12.1 Å². The number of hydrogen-bond donors (Lipinski definition) is 0. The summed E-state index contributed by atoms with van der Waals surface area (Å²) >= 11 is 0. The molecule has 0 atom stereocenters. The van der Waals surface area contributed by atoms with Gasteiger partial charge in [-0.05, 0) is 56.6 Å². The molecular weight excluding hydrogens is 398 g/mol. The van der Waals surface area contributed by atoms with Crippen molar-refractivity contribution in [1.29, 1.82) is 0 Å². The molecule has 0 aliphatic carbocycles. The van der Waals surface area contributed by atoms with Crippen LogP contribution in [0.15, 0.2) is 38.9 Å². The van der Waals surface area contributed by atoms with Crippen LogP contribution in [0.2, 0.25) is 0 Å². The fourth-order valence-corrected chi connectivity index (χ4v) is 3.43. The van der Waals surface area contributed by atoms with E-state index < -0.39 is 12.3 Å². The summed E-state index contributed by atoms with van der Waals surface area (Å²) in [5.41, 5.74) is 2.74. The van der Waals surface area contributed by atoms with E-state index in [1.54, 1.807) is 4.90 Å². The van der Waals surface area contributed by atoms with Crippen LogP contribution < -0.4 is 0 Å². The van der Waals surface area contributed by atoms with Crippen LogP contribution in [0.1, 0.15) is 87.0 Å². The average molecular weight is 439 g/mol. The number of nitrogens with zero attached hydrogens (tertiary/aromatic N) is 2. The molecule has 1 aliphatic heterocycles. The first-order valence-electron chi connectivity index (χ1n) is 11.6. The van der Waals surface area contributed by atoms with E-state index >= 15 is 0 Å². The lowest BCUT2D eigenvalue weighted by Crippen LogP contribution is -2.39. The molecule has 0 spiro atoms. The summed E-state index contributed by atoms with van der Waals surface area (Å²) in [5.74, 6) is 0.238. The summed E-state index contributed by atoms with van der Waals surface area (Å²) < 4.78 is 33.3. The zero-order chi connectivity index (χ0) is 23.6. The van der Waals surface area contributed by atoms with E-state index in [0.29, 0.717) is 37.6 Å². The molecule has 0 bridgehead atoms. The lowest BCUT2D eigenvalue weighted by atomic mass is 9.94. The minimum Gasteiger partial charge on any atom is -0.456 e. The van der Waals surface area contributed by atoms with Gasteiger partial charge in [0, 0.05) is 24.8 Å². The lowest BCUT2D eigenvalue weighted by Gasteiger charge is -2.32. The van der Waals surface area contributed by atoms with Crippen molar-refractivity contribution in [3.8, 4) is 0 Å². The maximum atomic E-state index is 13.6. The standard InChI is InChI=1S/C25H40F2N2O2/c1-8-11-12-22(18(6)10-3)31-23(19(7)24(26)27)25(30)29-15-13-20(17(4)5)21(16-29)28-14-9-2/h14,17,24H,8-13,15-16H2,1-7H3/b22-18-,23-19+,28-14?. The number of allylic oxidation sites excluding steroid dienone is 3. The van der Waals surface area contributed by atoms with Crippen LogP contribution in [-0.4, -0.2) is 36.5 Å². The summed E-state index contributed by atoms with van der Waals surface area (Å²) in [6.45, 7) is 14.3. The van der Waals surface area contributed by atoms with E-state index in [-0.39, 0.29) is 11.3 Å². The number of hydrogen-bond acceptors (Lipinski definition) is 3. The molecule has 0 aromatic rings. The molecule has 1 amide bonds. The quantitative estimate of drug-likeness (QED) is 0.197. The number of halogens is 2. The second-order valence-electron chi connectivity index (χ2n) is 8.40. The van der Waals surface area contributed by atoms with Gasteiger partial charge < -0.3 is 9.64 Å². The summed E-state index contributed by atoms with van der Waals surface area (Å²) in [6.07, 6.45) is 3.77. The molecule has 0 saturated heterocycles. The molecule has 0 unspecified atom stereocenters. The second kappa shape index (κ2) is 13.4. The second-order valence-corrected chi connectivity index (χ2v) is 8.40. The summed E-state index contributed by atoms with van der Waals surface area (Å²) in [5, 5.41) is 0. The number of aliphatic imine (C=N–C) groups is 1. The third-order valence-corrected chi connectivity index (χ3v) is 5.64. The highest BCUT2D eigenvalue weighted by Crippen LogP contribution is 2.29. The average Bonchev–Trinajstić information content (AvgIpc) is 2.75. The predicted octanol–water partition coefficient (Wildman–Crippen LogP) is 7.04. The van der Waals surface area contributed by atoms with Gasteiger partial charge in [-0.15, -0.1) is 0 Å². The van der Waals surface area contributed by atoms with E-state index in [1.807, 2.05) is 27.0 Å². The first kappa shape index (κ1) is 27.1. The highest BCUT2D eigenvalue weighted by molar-refractivity contribution is 5.93. The van der Waals surface area contributed by atoms with E-state index in [1.165, 1.54) is 12.5 Å². The molecule has 0 aromatic heterocycles. The Balaban J connectivity index is 3.29. The molecule has 0 radical (unpaired) electrons. The highest BCUT2D eigenvalue weighted by Gasteiger charge is 2.30. The van der Waals surface area contributed by atoms with Gasteiger partial charge in [0.2, 0.25) is 0 Å². The Kier molecular flexibility index (Phi) is 11.7. The normalized spacial score (nSPS) is 16.9. The maximum absolute atomic E-state index is 13.6. The Morgan fingerprint density at radius 3 is 2.42 bits per heavy atom. The smallest absolute Gasteiger partial charge is 0.290 e. The van der Waals surface area contributed by atoms with Gasteiger partial charge in [-0.1, -0.05) is 41.0 Å². The van der Waals surface area contributed by atoms with Gasteiger partial charge in [0.25, 0.3) is 12.3 Å². The topological polar surface area (TPSA) is 41.9 Å². The Labute approximate surface area is 187 Å². The molecule has 1 rings (SSSR count). The van der Waals surface area contributed by atoms with Crippen LogP contribution in [0.3, 0.4) is 0 Å². The third-order valence-electron chi connectivity index (χ3n) is 5.64. The van der Waals surface area contributed by atoms with Gasteiger partial charge in [0.15, 0.2) is 5.76 Å². The van der Waals surface area contributed by atoms with Gasteiger partial charge >= 0.3 is 0 Å². The summed E-state index contributed by atoms with van der Waals surface area (Å²) in [7, 11) is 0. The van der Waals surface area contributed by atoms with Crippen molar-refractivity contribution in [2.24, 2.45) is 10.9 Å². The first-order chi connectivity index (χ1) is 14.7. The molecule has 0 aromatic carbocycles. The van der Waals surface area contributed by atoms with E-state index in [4.69, 9.17) is 4.74 Å². The van der Waals surface area contributed by atoms with Crippen molar-refractivity contribution in [2.45, 2.75) is 93.4 Å². The molecule has 1 heterocycles. The summed E-state index contributed by atoms with van der Waals surface area (Å²) in [4.78, 5) is 19.5. The van der Waals surface area contributed by atoms with Gasteiger partial charge in [-0.2, -0.15) is 0 Å².